The Morgan fingerprint density at radius 1 is 1.41 bits per heavy atom. The predicted molar refractivity (Wildman–Crippen MR) is 69.7 cm³/mol. The van der Waals surface area contributed by atoms with Crippen molar-refractivity contribution in [3.05, 3.63) is 34.2 Å². The molecule has 1 atom stereocenters. The van der Waals surface area contributed by atoms with Crippen LogP contribution in [-0.4, -0.2) is 17.1 Å². The molecule has 2 aromatic rings. The minimum absolute atomic E-state index is 0.196. The lowest BCUT2D eigenvalue weighted by Gasteiger charge is -2.13. The summed E-state index contributed by atoms with van der Waals surface area (Å²) < 4.78 is 5.12. The number of methoxy groups -OCH3 is 1. The van der Waals surface area contributed by atoms with Gasteiger partial charge in [-0.25, -0.2) is 4.98 Å². The van der Waals surface area contributed by atoms with Crippen LogP contribution in [-0.2, 0) is 0 Å². The highest BCUT2D eigenvalue weighted by Crippen LogP contribution is 2.22. The number of nitrogens with one attached hydrogen (secondary N) is 1. The molecule has 0 aliphatic rings. The van der Waals surface area contributed by atoms with E-state index in [2.05, 4.69) is 33.7 Å². The van der Waals surface area contributed by atoms with Crippen molar-refractivity contribution in [3.63, 3.8) is 0 Å². The first kappa shape index (κ1) is 11.9. The van der Waals surface area contributed by atoms with E-state index in [4.69, 9.17) is 4.74 Å². The van der Waals surface area contributed by atoms with Crippen LogP contribution < -0.4 is 10.1 Å². The number of hydrogen-bond donors (Lipinski definition) is 1. The van der Waals surface area contributed by atoms with Gasteiger partial charge in [-0.05, 0) is 25.3 Å². The van der Waals surface area contributed by atoms with Gasteiger partial charge in [0.25, 0.3) is 0 Å². The topological polar surface area (TPSA) is 47.0 Å². The summed E-state index contributed by atoms with van der Waals surface area (Å²) in [6.45, 7) is 4.01. The number of hydrogen-bond acceptors (Lipinski definition) is 5. The van der Waals surface area contributed by atoms with Gasteiger partial charge >= 0.3 is 0 Å². The summed E-state index contributed by atoms with van der Waals surface area (Å²) in [6.07, 6.45) is 0. The predicted octanol–water partition coefficient (Wildman–Crippen LogP) is 3.03. The van der Waals surface area contributed by atoms with Gasteiger partial charge in [0.1, 0.15) is 0 Å². The van der Waals surface area contributed by atoms with Crippen molar-refractivity contribution in [2.24, 2.45) is 0 Å². The van der Waals surface area contributed by atoms with E-state index in [0.29, 0.717) is 11.8 Å². The van der Waals surface area contributed by atoms with Crippen LogP contribution in [0, 0.1) is 6.92 Å². The highest BCUT2D eigenvalue weighted by Gasteiger charge is 2.09. The van der Waals surface area contributed by atoms with E-state index in [1.807, 2.05) is 13.0 Å². The van der Waals surface area contributed by atoms with Crippen LogP contribution in [0.1, 0.15) is 23.5 Å². The van der Waals surface area contributed by atoms with Crippen molar-refractivity contribution in [1.82, 2.24) is 9.97 Å². The van der Waals surface area contributed by atoms with Gasteiger partial charge in [0.15, 0.2) is 0 Å². The Morgan fingerprint density at radius 2 is 2.24 bits per heavy atom. The first-order valence-electron chi connectivity index (χ1n) is 5.38. The van der Waals surface area contributed by atoms with Crippen LogP contribution in [0.25, 0.3) is 0 Å². The maximum absolute atomic E-state index is 5.12. The van der Waals surface area contributed by atoms with Crippen LogP contribution in [0.5, 0.6) is 5.88 Å². The number of nitrogens with zero attached hydrogens (tertiary/aromatic N) is 2. The van der Waals surface area contributed by atoms with E-state index in [1.165, 1.54) is 4.88 Å². The molecule has 0 aliphatic heterocycles. The van der Waals surface area contributed by atoms with Crippen LogP contribution in [0.4, 0.5) is 5.95 Å². The van der Waals surface area contributed by atoms with Crippen molar-refractivity contribution < 1.29 is 4.74 Å². The third-order valence-electron chi connectivity index (χ3n) is 2.36. The molecule has 2 aromatic heterocycles. The van der Waals surface area contributed by atoms with E-state index >= 15 is 0 Å². The van der Waals surface area contributed by atoms with Gasteiger partial charge in [0.05, 0.1) is 13.2 Å². The monoisotopic (exact) mass is 249 g/mol. The van der Waals surface area contributed by atoms with Crippen LogP contribution >= 0.6 is 11.3 Å². The van der Waals surface area contributed by atoms with E-state index in [1.54, 1.807) is 24.5 Å². The smallest absolute Gasteiger partial charge is 0.226 e. The van der Waals surface area contributed by atoms with Crippen molar-refractivity contribution in [2.45, 2.75) is 19.9 Å². The van der Waals surface area contributed by atoms with Crippen LogP contribution in [0.2, 0.25) is 0 Å². The first-order chi connectivity index (χ1) is 8.19. The van der Waals surface area contributed by atoms with E-state index in [0.717, 1.165) is 5.69 Å². The second-order valence-electron chi connectivity index (χ2n) is 3.76. The molecule has 0 bridgehead atoms. The van der Waals surface area contributed by atoms with Gasteiger partial charge in [-0.3, -0.25) is 0 Å². The summed E-state index contributed by atoms with van der Waals surface area (Å²) in [6, 6.07) is 6.13. The molecule has 0 saturated carbocycles. The molecule has 5 heteroatoms. The lowest BCUT2D eigenvalue weighted by Crippen LogP contribution is -2.09. The Hall–Kier alpha value is -1.62. The fourth-order valence-electron chi connectivity index (χ4n) is 1.51. The zero-order valence-corrected chi connectivity index (χ0v) is 10.9. The lowest BCUT2D eigenvalue weighted by atomic mass is 10.3. The molecule has 0 aliphatic carbocycles. The molecular formula is C12H15N3OS. The number of ether oxygens (including phenoxy) is 1. The Kier molecular flexibility index (Phi) is 3.58. The Bertz CT molecular complexity index is 485. The molecule has 90 valence electrons. The fraction of sp³-hybridized carbons (Fsp3) is 0.333. The molecule has 2 rings (SSSR count). The minimum Gasteiger partial charge on any atom is -0.481 e. The minimum atomic E-state index is 0.196. The average molecular weight is 249 g/mol. The molecule has 1 unspecified atom stereocenters. The maximum atomic E-state index is 5.12. The lowest BCUT2D eigenvalue weighted by molar-refractivity contribution is 0.397. The molecule has 2 heterocycles. The zero-order chi connectivity index (χ0) is 12.3. The summed E-state index contributed by atoms with van der Waals surface area (Å²) in [7, 11) is 1.61. The summed E-state index contributed by atoms with van der Waals surface area (Å²) in [5, 5.41) is 5.33. The molecule has 0 radical (unpaired) electrons. The van der Waals surface area contributed by atoms with E-state index in [-0.39, 0.29) is 6.04 Å². The largest absolute Gasteiger partial charge is 0.481 e. The third kappa shape index (κ3) is 2.94. The highest BCUT2D eigenvalue weighted by atomic mass is 32.1. The number of rotatable bonds is 4. The highest BCUT2D eigenvalue weighted by molar-refractivity contribution is 7.10. The van der Waals surface area contributed by atoms with Crippen molar-refractivity contribution in [2.75, 3.05) is 12.4 Å². The zero-order valence-electron chi connectivity index (χ0n) is 10.1. The third-order valence-corrected chi connectivity index (χ3v) is 3.41. The van der Waals surface area contributed by atoms with E-state index in [9.17, 15) is 0 Å². The van der Waals surface area contributed by atoms with Gasteiger partial charge < -0.3 is 10.1 Å². The Balaban J connectivity index is 2.15. The molecule has 0 saturated heterocycles. The molecule has 0 aromatic carbocycles. The quantitative estimate of drug-likeness (QED) is 0.904. The second-order valence-corrected chi connectivity index (χ2v) is 4.74. The molecule has 1 N–H and O–H groups in total. The molecule has 0 amide bonds. The summed E-state index contributed by atoms with van der Waals surface area (Å²) in [4.78, 5) is 9.85. The standard InChI is InChI=1S/C12H15N3OS/c1-8-7-11(16-3)15-12(13-8)14-9(2)10-5-4-6-17-10/h4-7,9H,1-3H3,(H,13,14,15). The van der Waals surface area contributed by atoms with E-state index < -0.39 is 0 Å². The number of aromatic nitrogens is 2. The molecular weight excluding hydrogens is 234 g/mol. The number of aryl methyl sites for hydroxylation is 1. The second kappa shape index (κ2) is 5.14. The molecule has 17 heavy (non-hydrogen) atoms. The summed E-state index contributed by atoms with van der Waals surface area (Å²) in [5.74, 6) is 1.18. The van der Waals surface area contributed by atoms with Gasteiger partial charge in [-0.2, -0.15) is 4.98 Å². The maximum Gasteiger partial charge on any atom is 0.226 e. The number of anilines is 1. The summed E-state index contributed by atoms with van der Waals surface area (Å²) >= 11 is 1.72. The van der Waals surface area contributed by atoms with Crippen molar-refractivity contribution in [3.8, 4) is 5.88 Å². The normalized spacial score (nSPS) is 12.2. The molecule has 4 nitrogen and oxygen atoms in total. The first-order valence-corrected chi connectivity index (χ1v) is 6.26. The van der Waals surface area contributed by atoms with Gasteiger partial charge in [-0.1, -0.05) is 6.07 Å². The van der Waals surface area contributed by atoms with Gasteiger partial charge in [0, 0.05) is 16.6 Å². The molecule has 0 fully saturated rings. The van der Waals surface area contributed by atoms with Crippen molar-refractivity contribution >= 4 is 17.3 Å². The fourth-order valence-corrected chi connectivity index (χ4v) is 2.25. The summed E-state index contributed by atoms with van der Waals surface area (Å²) in [5.41, 5.74) is 0.887. The van der Waals surface area contributed by atoms with Crippen LogP contribution in [0.3, 0.4) is 0 Å². The number of thiophene rings is 1. The van der Waals surface area contributed by atoms with Gasteiger partial charge in [0.2, 0.25) is 11.8 Å². The van der Waals surface area contributed by atoms with Gasteiger partial charge in [-0.15, -0.1) is 11.3 Å². The SMILES string of the molecule is COc1cc(C)nc(NC(C)c2cccs2)n1. The Morgan fingerprint density at radius 3 is 2.88 bits per heavy atom. The Labute approximate surface area is 105 Å². The molecule has 0 spiro atoms. The average Bonchev–Trinajstić information content (AvgIpc) is 2.81. The van der Waals surface area contributed by atoms with Crippen LogP contribution in [0.15, 0.2) is 23.6 Å². The van der Waals surface area contributed by atoms with Crippen molar-refractivity contribution in [1.29, 1.82) is 0 Å².